The van der Waals surface area contributed by atoms with E-state index in [0.717, 1.165) is 32.4 Å². The summed E-state index contributed by atoms with van der Waals surface area (Å²) in [7, 11) is 2.08. The van der Waals surface area contributed by atoms with Crippen LogP contribution in [0, 0.1) is 0 Å². The first kappa shape index (κ1) is 13.5. The van der Waals surface area contributed by atoms with Crippen LogP contribution in [0.3, 0.4) is 0 Å². The number of likely N-dealkylation sites (N-methyl/N-ethyl adjacent to an activating group) is 1. The van der Waals surface area contributed by atoms with Crippen molar-refractivity contribution in [2.45, 2.75) is 24.9 Å². The summed E-state index contributed by atoms with van der Waals surface area (Å²) in [5, 5.41) is 10.4. The first-order chi connectivity index (χ1) is 8.68. The summed E-state index contributed by atoms with van der Waals surface area (Å²) < 4.78 is 5.30. The first-order valence-electron chi connectivity index (χ1n) is 6.71. The molecular weight excluding hydrogens is 226 g/mol. The molecule has 1 aromatic rings. The number of hydrogen-bond donors (Lipinski definition) is 1. The molecule has 1 aliphatic heterocycles. The molecule has 0 saturated carbocycles. The number of rotatable bonds is 5. The second-order valence-corrected chi connectivity index (χ2v) is 5.31. The highest BCUT2D eigenvalue weighted by Gasteiger charge is 2.30. The zero-order chi connectivity index (χ0) is 12.8. The largest absolute Gasteiger partial charge is 0.388 e. The molecule has 0 spiro atoms. The molecule has 2 rings (SSSR count). The van der Waals surface area contributed by atoms with Crippen molar-refractivity contribution in [2.75, 3.05) is 33.4 Å². The molecule has 1 N–H and O–H groups in total. The zero-order valence-electron chi connectivity index (χ0n) is 11.1. The summed E-state index contributed by atoms with van der Waals surface area (Å²) in [6.45, 7) is 3.09. The van der Waals surface area contributed by atoms with E-state index in [1.54, 1.807) is 0 Å². The summed E-state index contributed by atoms with van der Waals surface area (Å²) in [5.41, 5.74) is 0.798. The van der Waals surface area contributed by atoms with Crippen molar-refractivity contribution in [3.05, 3.63) is 35.9 Å². The molecule has 18 heavy (non-hydrogen) atoms. The molecule has 0 unspecified atom stereocenters. The Labute approximate surface area is 109 Å². The van der Waals surface area contributed by atoms with Crippen molar-refractivity contribution in [1.29, 1.82) is 0 Å². The molecule has 0 bridgehead atoms. The Morgan fingerprint density at radius 2 is 1.89 bits per heavy atom. The van der Waals surface area contributed by atoms with E-state index in [1.165, 1.54) is 5.56 Å². The van der Waals surface area contributed by atoms with Gasteiger partial charge >= 0.3 is 0 Å². The predicted molar refractivity (Wildman–Crippen MR) is 72.6 cm³/mol. The Kier molecular flexibility index (Phi) is 4.75. The van der Waals surface area contributed by atoms with Gasteiger partial charge in [0.15, 0.2) is 0 Å². The zero-order valence-corrected chi connectivity index (χ0v) is 11.1. The van der Waals surface area contributed by atoms with Gasteiger partial charge in [0.2, 0.25) is 0 Å². The van der Waals surface area contributed by atoms with Gasteiger partial charge in [0, 0.05) is 39.1 Å². The number of aliphatic hydroxyl groups is 1. The van der Waals surface area contributed by atoms with Gasteiger partial charge < -0.3 is 14.7 Å². The number of ether oxygens (including phenoxy) is 1. The average Bonchev–Trinajstić information content (AvgIpc) is 2.38. The highest BCUT2D eigenvalue weighted by molar-refractivity contribution is 5.14. The molecule has 0 radical (unpaired) electrons. The Hall–Kier alpha value is -0.900. The molecule has 3 heteroatoms. The molecule has 3 nitrogen and oxygen atoms in total. The molecular formula is C15H23NO2. The van der Waals surface area contributed by atoms with Gasteiger partial charge in [-0.2, -0.15) is 0 Å². The van der Waals surface area contributed by atoms with Gasteiger partial charge in [-0.1, -0.05) is 30.3 Å². The summed E-state index contributed by atoms with van der Waals surface area (Å²) in [5.74, 6) is 0. The maximum atomic E-state index is 10.4. The molecule has 0 aromatic heterocycles. The topological polar surface area (TPSA) is 32.7 Å². The highest BCUT2D eigenvalue weighted by atomic mass is 16.5. The second-order valence-electron chi connectivity index (χ2n) is 5.31. The van der Waals surface area contributed by atoms with Gasteiger partial charge in [-0.05, 0) is 19.0 Å². The van der Waals surface area contributed by atoms with E-state index >= 15 is 0 Å². The molecule has 1 aromatic carbocycles. The van der Waals surface area contributed by atoms with E-state index < -0.39 is 5.60 Å². The van der Waals surface area contributed by atoms with Gasteiger partial charge in [-0.25, -0.2) is 0 Å². The normalized spacial score (nSPS) is 19.1. The standard InChI is InChI=1S/C15H23NO2/c1-16(10-7-14-5-3-2-4-6-14)13-15(17)8-11-18-12-9-15/h2-6,17H,7-13H2,1H3. The molecule has 1 aliphatic rings. The lowest BCUT2D eigenvalue weighted by Gasteiger charge is -2.35. The highest BCUT2D eigenvalue weighted by Crippen LogP contribution is 2.21. The Balaban J connectivity index is 1.76. The SMILES string of the molecule is CN(CCc1ccccc1)CC1(O)CCOCC1. The quantitative estimate of drug-likeness (QED) is 0.862. The van der Waals surface area contributed by atoms with Crippen molar-refractivity contribution >= 4 is 0 Å². The predicted octanol–water partition coefficient (Wildman–Crippen LogP) is 1.70. The van der Waals surface area contributed by atoms with E-state index in [9.17, 15) is 5.11 Å². The number of benzene rings is 1. The smallest absolute Gasteiger partial charge is 0.0817 e. The lowest BCUT2D eigenvalue weighted by molar-refractivity contribution is -0.0767. The molecule has 0 amide bonds. The third kappa shape index (κ3) is 4.09. The molecule has 1 heterocycles. The van der Waals surface area contributed by atoms with Crippen LogP contribution in [-0.4, -0.2) is 49.0 Å². The summed E-state index contributed by atoms with van der Waals surface area (Å²) in [6, 6.07) is 10.5. The minimum absolute atomic E-state index is 0.552. The van der Waals surface area contributed by atoms with Gasteiger partial charge in [0.1, 0.15) is 0 Å². The minimum atomic E-state index is -0.552. The molecule has 0 aliphatic carbocycles. The van der Waals surface area contributed by atoms with Crippen LogP contribution in [0.25, 0.3) is 0 Å². The summed E-state index contributed by atoms with van der Waals surface area (Å²) in [6.07, 6.45) is 2.54. The molecule has 100 valence electrons. The third-order valence-corrected chi connectivity index (χ3v) is 3.61. The molecule has 1 saturated heterocycles. The van der Waals surface area contributed by atoms with Crippen LogP contribution in [-0.2, 0) is 11.2 Å². The summed E-state index contributed by atoms with van der Waals surface area (Å²) in [4.78, 5) is 2.22. The average molecular weight is 249 g/mol. The first-order valence-corrected chi connectivity index (χ1v) is 6.71. The van der Waals surface area contributed by atoms with Gasteiger partial charge in [-0.3, -0.25) is 0 Å². The van der Waals surface area contributed by atoms with E-state index in [-0.39, 0.29) is 0 Å². The van der Waals surface area contributed by atoms with Crippen molar-refractivity contribution in [2.24, 2.45) is 0 Å². The van der Waals surface area contributed by atoms with Crippen LogP contribution in [0.2, 0.25) is 0 Å². The van der Waals surface area contributed by atoms with Crippen molar-refractivity contribution < 1.29 is 9.84 Å². The minimum Gasteiger partial charge on any atom is -0.388 e. The monoisotopic (exact) mass is 249 g/mol. The van der Waals surface area contributed by atoms with Crippen LogP contribution in [0.4, 0.5) is 0 Å². The number of hydrogen-bond acceptors (Lipinski definition) is 3. The van der Waals surface area contributed by atoms with Gasteiger partial charge in [0.25, 0.3) is 0 Å². The lowest BCUT2D eigenvalue weighted by atomic mass is 9.94. The Morgan fingerprint density at radius 1 is 1.22 bits per heavy atom. The fraction of sp³-hybridized carbons (Fsp3) is 0.600. The van der Waals surface area contributed by atoms with Crippen LogP contribution in [0.5, 0.6) is 0 Å². The fourth-order valence-electron chi connectivity index (χ4n) is 2.46. The van der Waals surface area contributed by atoms with Crippen LogP contribution < -0.4 is 0 Å². The molecule has 0 atom stereocenters. The van der Waals surface area contributed by atoms with E-state index in [0.29, 0.717) is 13.2 Å². The van der Waals surface area contributed by atoms with E-state index in [2.05, 4.69) is 36.2 Å². The Morgan fingerprint density at radius 3 is 2.56 bits per heavy atom. The Bertz CT molecular complexity index is 347. The number of nitrogens with zero attached hydrogens (tertiary/aromatic N) is 1. The van der Waals surface area contributed by atoms with Crippen molar-refractivity contribution in [3.8, 4) is 0 Å². The molecule has 1 fully saturated rings. The second kappa shape index (κ2) is 6.32. The van der Waals surface area contributed by atoms with Crippen LogP contribution in [0.15, 0.2) is 30.3 Å². The fourth-order valence-corrected chi connectivity index (χ4v) is 2.46. The van der Waals surface area contributed by atoms with Crippen molar-refractivity contribution in [3.63, 3.8) is 0 Å². The van der Waals surface area contributed by atoms with E-state index in [4.69, 9.17) is 4.74 Å². The van der Waals surface area contributed by atoms with Crippen molar-refractivity contribution in [1.82, 2.24) is 4.90 Å². The maximum absolute atomic E-state index is 10.4. The third-order valence-electron chi connectivity index (χ3n) is 3.61. The lowest BCUT2D eigenvalue weighted by Crippen LogP contribution is -2.46. The van der Waals surface area contributed by atoms with Crippen LogP contribution >= 0.6 is 0 Å². The van der Waals surface area contributed by atoms with Gasteiger partial charge in [-0.15, -0.1) is 0 Å². The van der Waals surface area contributed by atoms with Crippen LogP contribution in [0.1, 0.15) is 18.4 Å². The van der Waals surface area contributed by atoms with E-state index in [1.807, 2.05) is 6.07 Å². The van der Waals surface area contributed by atoms with Gasteiger partial charge in [0.05, 0.1) is 5.60 Å². The maximum Gasteiger partial charge on any atom is 0.0817 e. The summed E-state index contributed by atoms with van der Waals surface area (Å²) >= 11 is 0.